The third kappa shape index (κ3) is 5.78. The van der Waals surface area contributed by atoms with Gasteiger partial charge in [0.1, 0.15) is 5.78 Å². The summed E-state index contributed by atoms with van der Waals surface area (Å²) in [5.74, 6) is -3.08. The molecule has 0 heterocycles. The Labute approximate surface area is 132 Å². The number of carbonyl (C=O) groups is 3. The molecule has 0 radical (unpaired) electrons. The lowest BCUT2D eigenvalue weighted by atomic mass is 9.82. The summed E-state index contributed by atoms with van der Waals surface area (Å²) >= 11 is 0. The van der Waals surface area contributed by atoms with Crippen molar-refractivity contribution in [1.29, 1.82) is 0 Å². The Morgan fingerprint density at radius 3 is 1.82 bits per heavy atom. The molecule has 1 fully saturated rings. The second-order valence-electron chi connectivity index (χ2n) is 5.96. The zero-order valence-electron chi connectivity index (χ0n) is 13.8. The van der Waals surface area contributed by atoms with E-state index in [0.717, 1.165) is 38.5 Å². The number of rotatable bonds is 3. The SMILES string of the molecule is COC(=O)C(C(=O)OC)C1CCCCCCCCCCC1=O. The van der Waals surface area contributed by atoms with Gasteiger partial charge >= 0.3 is 11.9 Å². The lowest BCUT2D eigenvalue weighted by Gasteiger charge is -2.22. The fraction of sp³-hybridized carbons (Fsp3) is 0.824. The molecule has 0 N–H and O–H groups in total. The lowest BCUT2D eigenvalue weighted by Crippen LogP contribution is -2.37. The number of carbonyl (C=O) groups excluding carboxylic acids is 3. The zero-order valence-corrected chi connectivity index (χ0v) is 13.8. The molecule has 0 spiro atoms. The van der Waals surface area contributed by atoms with Gasteiger partial charge in [0.15, 0.2) is 5.92 Å². The predicted octanol–water partition coefficient (Wildman–Crippen LogP) is 3.05. The third-order valence-corrected chi connectivity index (χ3v) is 4.41. The molecule has 1 unspecified atom stereocenters. The highest BCUT2D eigenvalue weighted by atomic mass is 16.5. The zero-order chi connectivity index (χ0) is 16.4. The summed E-state index contributed by atoms with van der Waals surface area (Å²) in [7, 11) is 2.47. The van der Waals surface area contributed by atoms with Gasteiger partial charge in [-0.3, -0.25) is 14.4 Å². The fourth-order valence-electron chi connectivity index (χ4n) is 3.10. The van der Waals surface area contributed by atoms with Crippen molar-refractivity contribution < 1.29 is 23.9 Å². The molecule has 22 heavy (non-hydrogen) atoms. The molecule has 0 aromatic heterocycles. The van der Waals surface area contributed by atoms with Gasteiger partial charge in [0.25, 0.3) is 0 Å². The van der Waals surface area contributed by atoms with Gasteiger partial charge in [0, 0.05) is 12.3 Å². The maximum Gasteiger partial charge on any atom is 0.320 e. The number of Topliss-reactive ketones (excluding diaryl/α,β-unsaturated/α-hetero) is 1. The molecule has 0 aromatic carbocycles. The average Bonchev–Trinajstić information content (AvgIpc) is 2.52. The first kappa shape index (κ1) is 18.7. The first-order chi connectivity index (χ1) is 10.6. The van der Waals surface area contributed by atoms with Crippen LogP contribution in [0, 0.1) is 11.8 Å². The molecule has 0 amide bonds. The molecule has 0 saturated heterocycles. The molecule has 5 heteroatoms. The largest absolute Gasteiger partial charge is 0.468 e. The van der Waals surface area contributed by atoms with Gasteiger partial charge in [-0.1, -0.05) is 44.9 Å². The van der Waals surface area contributed by atoms with Crippen LogP contribution in [0.4, 0.5) is 0 Å². The van der Waals surface area contributed by atoms with Crippen LogP contribution in [0.3, 0.4) is 0 Å². The van der Waals surface area contributed by atoms with E-state index in [0.29, 0.717) is 12.8 Å². The van der Waals surface area contributed by atoms with E-state index in [1.165, 1.54) is 27.1 Å². The van der Waals surface area contributed by atoms with Crippen LogP contribution in [0.1, 0.15) is 64.2 Å². The molecule has 1 atom stereocenters. The van der Waals surface area contributed by atoms with Gasteiger partial charge in [-0.05, 0) is 12.8 Å². The molecule has 1 saturated carbocycles. The van der Waals surface area contributed by atoms with E-state index in [4.69, 9.17) is 9.47 Å². The van der Waals surface area contributed by atoms with Crippen LogP contribution in [-0.2, 0) is 23.9 Å². The molecular weight excluding hydrogens is 284 g/mol. The Morgan fingerprint density at radius 1 is 0.864 bits per heavy atom. The van der Waals surface area contributed by atoms with Gasteiger partial charge in [0.2, 0.25) is 0 Å². The van der Waals surface area contributed by atoms with E-state index in [9.17, 15) is 14.4 Å². The van der Waals surface area contributed by atoms with Crippen LogP contribution >= 0.6 is 0 Å². The van der Waals surface area contributed by atoms with Crippen LogP contribution in [0.5, 0.6) is 0 Å². The summed E-state index contributed by atoms with van der Waals surface area (Å²) in [6.07, 6.45) is 9.44. The minimum atomic E-state index is -1.12. The highest BCUT2D eigenvalue weighted by Crippen LogP contribution is 2.26. The van der Waals surface area contributed by atoms with Crippen LogP contribution in [0.2, 0.25) is 0 Å². The number of hydrogen-bond donors (Lipinski definition) is 0. The standard InChI is InChI=1S/C17H28O5/c1-21-16(19)15(17(20)22-2)13-11-9-7-5-3-4-6-8-10-12-14(13)18/h13,15H,3-12H2,1-2H3. The monoisotopic (exact) mass is 312 g/mol. The van der Waals surface area contributed by atoms with Crippen LogP contribution < -0.4 is 0 Å². The molecule has 0 aliphatic heterocycles. The van der Waals surface area contributed by atoms with Crippen molar-refractivity contribution in [3.8, 4) is 0 Å². The van der Waals surface area contributed by atoms with E-state index in [2.05, 4.69) is 0 Å². The second kappa shape index (κ2) is 10.4. The van der Waals surface area contributed by atoms with Gasteiger partial charge in [-0.15, -0.1) is 0 Å². The number of methoxy groups -OCH3 is 2. The van der Waals surface area contributed by atoms with Crippen molar-refractivity contribution in [3.05, 3.63) is 0 Å². The predicted molar refractivity (Wildman–Crippen MR) is 82.2 cm³/mol. The molecule has 5 nitrogen and oxygen atoms in total. The van der Waals surface area contributed by atoms with E-state index in [-0.39, 0.29) is 5.78 Å². The lowest BCUT2D eigenvalue weighted by molar-refractivity contribution is -0.164. The van der Waals surface area contributed by atoms with Crippen molar-refractivity contribution in [2.75, 3.05) is 14.2 Å². The van der Waals surface area contributed by atoms with E-state index in [1.54, 1.807) is 0 Å². The molecule has 1 rings (SSSR count). The minimum Gasteiger partial charge on any atom is -0.468 e. The third-order valence-electron chi connectivity index (χ3n) is 4.41. The summed E-state index contributed by atoms with van der Waals surface area (Å²) in [6.45, 7) is 0. The second-order valence-corrected chi connectivity index (χ2v) is 5.96. The first-order valence-corrected chi connectivity index (χ1v) is 8.30. The Kier molecular flexibility index (Phi) is 8.78. The van der Waals surface area contributed by atoms with E-state index in [1.807, 2.05) is 0 Å². The molecule has 0 aromatic rings. The van der Waals surface area contributed by atoms with Crippen molar-refractivity contribution in [2.45, 2.75) is 64.2 Å². The number of hydrogen-bond acceptors (Lipinski definition) is 5. The van der Waals surface area contributed by atoms with Gasteiger partial charge in [-0.2, -0.15) is 0 Å². The molecule has 1 aliphatic carbocycles. The molecule has 0 bridgehead atoms. The van der Waals surface area contributed by atoms with Crippen LogP contribution in [0.25, 0.3) is 0 Å². The Bertz CT molecular complexity index is 361. The van der Waals surface area contributed by atoms with E-state index < -0.39 is 23.8 Å². The van der Waals surface area contributed by atoms with Gasteiger partial charge < -0.3 is 9.47 Å². The maximum absolute atomic E-state index is 12.5. The first-order valence-electron chi connectivity index (χ1n) is 8.30. The fourth-order valence-corrected chi connectivity index (χ4v) is 3.10. The molecule has 126 valence electrons. The topological polar surface area (TPSA) is 69.7 Å². The maximum atomic E-state index is 12.5. The Morgan fingerprint density at radius 2 is 1.32 bits per heavy atom. The summed E-state index contributed by atoms with van der Waals surface area (Å²) in [5, 5.41) is 0. The smallest absolute Gasteiger partial charge is 0.320 e. The highest BCUT2D eigenvalue weighted by molar-refractivity contribution is 6.00. The highest BCUT2D eigenvalue weighted by Gasteiger charge is 2.40. The van der Waals surface area contributed by atoms with Crippen molar-refractivity contribution in [3.63, 3.8) is 0 Å². The summed E-state index contributed by atoms with van der Waals surface area (Å²) in [4.78, 5) is 36.4. The van der Waals surface area contributed by atoms with Gasteiger partial charge in [-0.25, -0.2) is 0 Å². The van der Waals surface area contributed by atoms with E-state index >= 15 is 0 Å². The van der Waals surface area contributed by atoms with Crippen LogP contribution in [0.15, 0.2) is 0 Å². The van der Waals surface area contributed by atoms with Gasteiger partial charge in [0.05, 0.1) is 14.2 Å². The average molecular weight is 312 g/mol. The summed E-state index contributed by atoms with van der Waals surface area (Å²) in [6, 6.07) is 0. The molecular formula is C17H28O5. The number of ether oxygens (including phenoxy) is 2. The number of esters is 2. The number of ketones is 1. The molecule has 1 aliphatic rings. The summed E-state index contributed by atoms with van der Waals surface area (Å²) in [5.41, 5.74) is 0. The van der Waals surface area contributed by atoms with Crippen LogP contribution in [-0.4, -0.2) is 31.9 Å². The minimum absolute atomic E-state index is 0.0126. The van der Waals surface area contributed by atoms with Crippen molar-refractivity contribution in [2.24, 2.45) is 11.8 Å². The quantitative estimate of drug-likeness (QED) is 0.592. The Balaban J connectivity index is 2.86. The normalized spacial score (nSPS) is 21.6. The Hall–Kier alpha value is -1.39. The summed E-state index contributed by atoms with van der Waals surface area (Å²) < 4.78 is 9.44. The van der Waals surface area contributed by atoms with Crippen molar-refractivity contribution in [1.82, 2.24) is 0 Å². The van der Waals surface area contributed by atoms with Crippen molar-refractivity contribution >= 4 is 17.7 Å².